The zero-order chi connectivity index (χ0) is 23.6. The highest BCUT2D eigenvalue weighted by atomic mass is 32.1. The fraction of sp³-hybridized carbons (Fsp3) is 0.348. The molecule has 1 aromatic carbocycles. The van der Waals surface area contributed by atoms with Crippen molar-refractivity contribution in [2.75, 3.05) is 31.7 Å². The van der Waals surface area contributed by atoms with E-state index in [1.165, 1.54) is 19.2 Å². The summed E-state index contributed by atoms with van der Waals surface area (Å²) < 4.78 is 24.2. The van der Waals surface area contributed by atoms with E-state index in [4.69, 9.17) is 9.47 Å². The van der Waals surface area contributed by atoms with Crippen molar-refractivity contribution in [3.05, 3.63) is 58.2 Å². The molecular formula is C23H25FN2O5S. The number of amides is 1. The lowest BCUT2D eigenvalue weighted by atomic mass is 10.0. The van der Waals surface area contributed by atoms with Crippen LogP contribution in [-0.2, 0) is 4.74 Å². The number of carbonyl (C=O) groups is 3. The van der Waals surface area contributed by atoms with Gasteiger partial charge in [0.05, 0.1) is 31.4 Å². The first kappa shape index (κ1) is 23.5. The first-order valence-corrected chi connectivity index (χ1v) is 10.9. The van der Waals surface area contributed by atoms with Gasteiger partial charge >= 0.3 is 5.97 Å². The molecule has 1 atom stereocenters. The molecule has 1 aliphatic rings. The average Bonchev–Trinajstić information content (AvgIpc) is 3.11. The molecule has 0 radical (unpaired) electrons. The van der Waals surface area contributed by atoms with Gasteiger partial charge in [0.25, 0.3) is 5.91 Å². The minimum atomic E-state index is -0.554. The number of hydrogen-bond acceptors (Lipinski definition) is 7. The van der Waals surface area contributed by atoms with Crippen LogP contribution < -0.4 is 9.64 Å². The van der Waals surface area contributed by atoms with Crippen molar-refractivity contribution in [3.63, 3.8) is 0 Å². The molecule has 1 unspecified atom stereocenters. The Bertz CT molecular complexity index is 1080. The van der Waals surface area contributed by atoms with Crippen LogP contribution in [0.15, 0.2) is 30.9 Å². The average molecular weight is 461 g/mol. The molecule has 170 valence electrons. The topological polar surface area (TPSA) is 76.2 Å². The van der Waals surface area contributed by atoms with Gasteiger partial charge in [0.15, 0.2) is 5.78 Å². The second-order valence-corrected chi connectivity index (χ2v) is 8.23. The number of esters is 1. The number of benzene rings is 1. The number of carbonyl (C=O) groups excluding carboxylic acids is 3. The molecule has 2 aromatic rings. The van der Waals surface area contributed by atoms with Gasteiger partial charge in [0.1, 0.15) is 27.6 Å². The van der Waals surface area contributed by atoms with E-state index in [1.54, 1.807) is 36.6 Å². The maximum atomic E-state index is 13.8. The summed E-state index contributed by atoms with van der Waals surface area (Å²) in [6.07, 6.45) is 1.10. The molecule has 0 fully saturated rings. The third kappa shape index (κ3) is 4.12. The molecule has 0 spiro atoms. The standard InChI is InChI=1S/C23H25FN2O5S/c1-6-10-25-14(4)26(12-17(27)16-11-15(24)8-9-18(16)30-5)22-19(21(25)28)13(3)20(32-22)23(29)31-7-2/h6,8-9,11,14H,1,7,10,12H2,2-5H3. The number of rotatable bonds is 8. The summed E-state index contributed by atoms with van der Waals surface area (Å²) in [5, 5.41) is 0.507. The summed E-state index contributed by atoms with van der Waals surface area (Å²) in [5.41, 5.74) is 0.972. The predicted octanol–water partition coefficient (Wildman–Crippen LogP) is 4.06. The van der Waals surface area contributed by atoms with Crippen LogP contribution in [0.1, 0.15) is 49.8 Å². The van der Waals surface area contributed by atoms with E-state index in [0.29, 0.717) is 21.0 Å². The van der Waals surface area contributed by atoms with Gasteiger partial charge < -0.3 is 19.3 Å². The first-order chi connectivity index (χ1) is 15.2. The third-order valence-electron chi connectivity index (χ3n) is 5.33. The van der Waals surface area contributed by atoms with E-state index in [1.807, 2.05) is 0 Å². The van der Waals surface area contributed by atoms with Gasteiger partial charge in [-0.15, -0.1) is 17.9 Å². The minimum Gasteiger partial charge on any atom is -0.496 e. The van der Waals surface area contributed by atoms with E-state index in [-0.39, 0.29) is 42.7 Å². The van der Waals surface area contributed by atoms with Crippen LogP contribution in [-0.4, -0.2) is 55.5 Å². The zero-order valence-electron chi connectivity index (χ0n) is 18.4. The number of nitrogens with zero attached hydrogens (tertiary/aromatic N) is 2. The molecule has 9 heteroatoms. The lowest BCUT2D eigenvalue weighted by Crippen LogP contribution is -2.54. The van der Waals surface area contributed by atoms with E-state index < -0.39 is 18.0 Å². The van der Waals surface area contributed by atoms with E-state index >= 15 is 0 Å². The molecule has 0 bridgehead atoms. The smallest absolute Gasteiger partial charge is 0.348 e. The molecule has 32 heavy (non-hydrogen) atoms. The van der Waals surface area contributed by atoms with Crippen LogP contribution in [0, 0.1) is 12.7 Å². The highest BCUT2D eigenvalue weighted by Gasteiger charge is 2.40. The fourth-order valence-electron chi connectivity index (χ4n) is 3.71. The van der Waals surface area contributed by atoms with Crippen molar-refractivity contribution in [2.45, 2.75) is 26.9 Å². The fourth-order valence-corrected chi connectivity index (χ4v) is 4.98. The number of Topliss-reactive ketones (excluding diaryl/α,β-unsaturated/α-hetero) is 1. The molecule has 2 heterocycles. The molecule has 0 saturated heterocycles. The molecule has 0 saturated carbocycles. The Balaban J connectivity index is 2.08. The molecule has 0 N–H and O–H groups in total. The first-order valence-electron chi connectivity index (χ1n) is 10.1. The summed E-state index contributed by atoms with van der Waals surface area (Å²) in [4.78, 5) is 42.5. The third-order valence-corrected chi connectivity index (χ3v) is 6.64. The summed E-state index contributed by atoms with van der Waals surface area (Å²) in [7, 11) is 1.41. The molecule has 1 aliphatic heterocycles. The number of ether oxygens (including phenoxy) is 2. The van der Waals surface area contributed by atoms with Crippen LogP contribution in [0.5, 0.6) is 5.75 Å². The van der Waals surface area contributed by atoms with E-state index in [9.17, 15) is 18.8 Å². The zero-order valence-corrected chi connectivity index (χ0v) is 19.3. The maximum Gasteiger partial charge on any atom is 0.348 e. The quantitative estimate of drug-likeness (QED) is 0.336. The molecule has 1 amide bonds. The number of hydrogen-bond donors (Lipinski definition) is 0. The summed E-state index contributed by atoms with van der Waals surface area (Å²) in [5.74, 6) is -1.44. The Morgan fingerprint density at radius 3 is 2.66 bits per heavy atom. The Morgan fingerprint density at radius 2 is 2.03 bits per heavy atom. The molecule has 1 aromatic heterocycles. The van der Waals surface area contributed by atoms with Gasteiger partial charge in [-0.05, 0) is 44.5 Å². The highest BCUT2D eigenvalue weighted by molar-refractivity contribution is 7.18. The van der Waals surface area contributed by atoms with Gasteiger partial charge in [-0.2, -0.15) is 0 Å². The van der Waals surface area contributed by atoms with Gasteiger partial charge in [0.2, 0.25) is 0 Å². The number of thiophene rings is 1. The van der Waals surface area contributed by atoms with Gasteiger partial charge in [-0.1, -0.05) is 6.08 Å². The Hall–Kier alpha value is -3.20. The van der Waals surface area contributed by atoms with E-state index in [2.05, 4.69) is 6.58 Å². The highest BCUT2D eigenvalue weighted by Crippen LogP contribution is 2.42. The molecule has 0 aliphatic carbocycles. The van der Waals surface area contributed by atoms with Gasteiger partial charge in [0, 0.05) is 6.54 Å². The lowest BCUT2D eigenvalue weighted by molar-refractivity contribution is 0.0531. The van der Waals surface area contributed by atoms with Crippen molar-refractivity contribution in [2.24, 2.45) is 0 Å². The summed E-state index contributed by atoms with van der Waals surface area (Å²) >= 11 is 1.12. The normalized spacial score (nSPS) is 15.4. The number of fused-ring (bicyclic) bond motifs is 1. The van der Waals surface area contributed by atoms with Crippen molar-refractivity contribution in [1.82, 2.24) is 4.90 Å². The summed E-state index contributed by atoms with van der Waals surface area (Å²) in [6, 6.07) is 3.75. The monoisotopic (exact) mass is 460 g/mol. The largest absolute Gasteiger partial charge is 0.496 e. The van der Waals surface area contributed by atoms with Gasteiger partial charge in [-0.3, -0.25) is 9.59 Å². The Kier molecular flexibility index (Phi) is 6.98. The lowest BCUT2D eigenvalue weighted by Gasteiger charge is -2.42. The number of anilines is 1. The SMILES string of the molecule is C=CCN1C(=O)c2c(sc(C(=O)OCC)c2C)N(CC(=O)c2cc(F)ccc2OC)C1C. The minimum absolute atomic E-state index is 0.104. The van der Waals surface area contributed by atoms with Crippen LogP contribution in [0.4, 0.5) is 9.39 Å². The van der Waals surface area contributed by atoms with Crippen molar-refractivity contribution in [1.29, 1.82) is 0 Å². The van der Waals surface area contributed by atoms with Crippen LogP contribution in [0.25, 0.3) is 0 Å². The molecule has 3 rings (SSSR count). The molecule has 7 nitrogen and oxygen atoms in total. The van der Waals surface area contributed by atoms with Crippen molar-refractivity contribution in [3.8, 4) is 5.75 Å². The maximum absolute atomic E-state index is 13.8. The van der Waals surface area contributed by atoms with Crippen LogP contribution in [0.2, 0.25) is 0 Å². The van der Waals surface area contributed by atoms with Crippen molar-refractivity contribution < 1.29 is 28.2 Å². The number of methoxy groups -OCH3 is 1. The molecular weight excluding hydrogens is 435 g/mol. The van der Waals surface area contributed by atoms with Gasteiger partial charge in [-0.25, -0.2) is 9.18 Å². The van der Waals surface area contributed by atoms with Crippen LogP contribution >= 0.6 is 11.3 Å². The Morgan fingerprint density at radius 1 is 1.31 bits per heavy atom. The number of halogens is 1. The second-order valence-electron chi connectivity index (χ2n) is 7.23. The van der Waals surface area contributed by atoms with Crippen molar-refractivity contribution >= 4 is 34.0 Å². The second kappa shape index (κ2) is 9.52. The van der Waals surface area contributed by atoms with E-state index in [0.717, 1.165) is 17.4 Å². The summed E-state index contributed by atoms with van der Waals surface area (Å²) in [6.45, 7) is 9.23. The predicted molar refractivity (Wildman–Crippen MR) is 120 cm³/mol. The number of ketones is 1. The Labute approximate surface area is 190 Å². The van der Waals surface area contributed by atoms with Crippen LogP contribution in [0.3, 0.4) is 0 Å².